The van der Waals surface area contributed by atoms with Gasteiger partial charge >= 0.3 is 6.18 Å². The Labute approximate surface area is 176 Å². The highest BCUT2D eigenvalue weighted by Crippen LogP contribution is 2.31. The first kappa shape index (κ1) is 21.8. The Morgan fingerprint density at radius 1 is 1.06 bits per heavy atom. The van der Waals surface area contributed by atoms with Crippen LogP contribution < -0.4 is 10.6 Å². The molecule has 0 saturated carbocycles. The Morgan fingerprint density at radius 3 is 2.42 bits per heavy atom. The molecule has 0 radical (unpaired) electrons. The average molecular weight is 428 g/mol. The second kappa shape index (κ2) is 8.86. The molecule has 6 nitrogen and oxygen atoms in total. The summed E-state index contributed by atoms with van der Waals surface area (Å²) in [6, 6.07) is 12.9. The van der Waals surface area contributed by atoms with Crippen molar-refractivity contribution in [3.05, 3.63) is 83.1 Å². The van der Waals surface area contributed by atoms with Crippen molar-refractivity contribution in [2.24, 2.45) is 0 Å². The molecule has 1 aromatic heterocycles. The molecular weight excluding hydrogens is 409 g/mol. The third-order valence-electron chi connectivity index (χ3n) is 4.33. The van der Waals surface area contributed by atoms with Gasteiger partial charge in [-0.05, 0) is 48.9 Å². The molecule has 0 atom stereocenters. The van der Waals surface area contributed by atoms with E-state index in [9.17, 15) is 22.8 Å². The number of anilines is 1. The zero-order chi connectivity index (χ0) is 22.6. The number of amides is 2. The molecule has 0 aliphatic heterocycles. The Bertz CT molecular complexity index is 1130. The molecule has 160 valence electrons. The first-order chi connectivity index (χ1) is 14.7. The molecule has 3 rings (SSSR count). The van der Waals surface area contributed by atoms with Gasteiger partial charge in [0, 0.05) is 24.8 Å². The number of carbonyl (C=O) groups is 2. The molecule has 31 heavy (non-hydrogen) atoms. The van der Waals surface area contributed by atoms with Crippen LogP contribution in [0.25, 0.3) is 11.8 Å². The number of benzene rings is 2. The first-order valence-corrected chi connectivity index (χ1v) is 9.23. The van der Waals surface area contributed by atoms with Gasteiger partial charge in [-0.25, -0.2) is 4.68 Å². The highest BCUT2D eigenvalue weighted by Gasteiger charge is 2.30. The summed E-state index contributed by atoms with van der Waals surface area (Å²) in [5.74, 6) is -0.462. The van der Waals surface area contributed by atoms with Crippen LogP contribution >= 0.6 is 0 Å². The summed E-state index contributed by atoms with van der Waals surface area (Å²) in [5.41, 5.74) is 1.08. The van der Waals surface area contributed by atoms with Crippen LogP contribution in [0.4, 0.5) is 19.0 Å². The number of rotatable bonds is 5. The van der Waals surface area contributed by atoms with E-state index in [0.29, 0.717) is 16.8 Å². The van der Waals surface area contributed by atoms with Crippen molar-refractivity contribution in [3.63, 3.8) is 0 Å². The standard InChI is InChI=1S/C22H19F3N4O2/c1-14-12-19(29(28-14)18-5-3-4-17(13-18)22(23,24)25)27-20(30)11-8-15-6-9-16(10-7-15)21(31)26-2/h3-13H,1-2H3,(H,26,31)(H,27,30)/b11-8+. The fraction of sp³-hybridized carbons (Fsp3) is 0.136. The van der Waals surface area contributed by atoms with Gasteiger partial charge in [0.25, 0.3) is 5.91 Å². The molecule has 0 bridgehead atoms. The number of alkyl halides is 3. The number of halogens is 3. The zero-order valence-electron chi connectivity index (χ0n) is 16.7. The van der Waals surface area contributed by atoms with E-state index in [1.54, 1.807) is 43.3 Å². The summed E-state index contributed by atoms with van der Waals surface area (Å²) in [6.45, 7) is 1.67. The van der Waals surface area contributed by atoms with E-state index in [0.717, 1.165) is 12.1 Å². The summed E-state index contributed by atoms with van der Waals surface area (Å²) in [7, 11) is 1.53. The summed E-state index contributed by atoms with van der Waals surface area (Å²) < 4.78 is 40.3. The minimum atomic E-state index is -4.49. The predicted molar refractivity (Wildman–Crippen MR) is 111 cm³/mol. The maximum absolute atomic E-state index is 13.0. The third kappa shape index (κ3) is 5.39. The SMILES string of the molecule is CNC(=O)c1ccc(/C=C/C(=O)Nc2cc(C)nn2-c2cccc(C(F)(F)F)c2)cc1. The van der Waals surface area contributed by atoms with Crippen molar-refractivity contribution in [3.8, 4) is 5.69 Å². The lowest BCUT2D eigenvalue weighted by Crippen LogP contribution is -2.17. The van der Waals surface area contributed by atoms with Crippen LogP contribution in [0.15, 0.2) is 60.7 Å². The number of aromatic nitrogens is 2. The lowest BCUT2D eigenvalue weighted by Gasteiger charge is -2.11. The first-order valence-electron chi connectivity index (χ1n) is 9.23. The van der Waals surface area contributed by atoms with Crippen molar-refractivity contribution < 1.29 is 22.8 Å². The lowest BCUT2D eigenvalue weighted by molar-refractivity contribution is -0.137. The van der Waals surface area contributed by atoms with Crippen molar-refractivity contribution in [2.45, 2.75) is 13.1 Å². The maximum atomic E-state index is 13.0. The van der Waals surface area contributed by atoms with Crippen molar-refractivity contribution >= 4 is 23.7 Å². The third-order valence-corrected chi connectivity index (χ3v) is 4.33. The highest BCUT2D eigenvalue weighted by molar-refractivity contribution is 6.01. The van der Waals surface area contributed by atoms with E-state index < -0.39 is 17.6 Å². The van der Waals surface area contributed by atoms with Crippen molar-refractivity contribution in [1.82, 2.24) is 15.1 Å². The molecule has 0 aliphatic carbocycles. The molecule has 0 fully saturated rings. The summed E-state index contributed by atoms with van der Waals surface area (Å²) in [5, 5.41) is 9.33. The minimum absolute atomic E-state index is 0.173. The van der Waals surface area contributed by atoms with Gasteiger partial charge in [0.05, 0.1) is 16.9 Å². The number of hydrogen-bond acceptors (Lipinski definition) is 3. The number of nitrogens with zero attached hydrogens (tertiary/aromatic N) is 2. The zero-order valence-corrected chi connectivity index (χ0v) is 16.7. The van der Waals surface area contributed by atoms with Crippen LogP contribution in [0.1, 0.15) is 27.2 Å². The molecule has 9 heteroatoms. The fourth-order valence-corrected chi connectivity index (χ4v) is 2.83. The number of aryl methyl sites for hydroxylation is 1. The lowest BCUT2D eigenvalue weighted by atomic mass is 10.1. The van der Waals surface area contributed by atoms with Gasteiger partial charge in [-0.3, -0.25) is 9.59 Å². The van der Waals surface area contributed by atoms with Crippen LogP contribution in [0.5, 0.6) is 0 Å². The van der Waals surface area contributed by atoms with E-state index in [1.165, 1.54) is 29.9 Å². The normalized spacial score (nSPS) is 11.5. The van der Waals surface area contributed by atoms with Crippen molar-refractivity contribution in [1.29, 1.82) is 0 Å². The van der Waals surface area contributed by atoms with Crippen LogP contribution in [0, 0.1) is 6.92 Å². The van der Waals surface area contributed by atoms with Gasteiger partial charge in [0.15, 0.2) is 0 Å². The van der Waals surface area contributed by atoms with Crippen LogP contribution in [-0.4, -0.2) is 28.6 Å². The van der Waals surface area contributed by atoms with Gasteiger partial charge in [-0.15, -0.1) is 0 Å². The molecular formula is C22H19F3N4O2. The second-order valence-electron chi connectivity index (χ2n) is 6.65. The molecule has 2 aromatic carbocycles. The molecule has 0 spiro atoms. The molecule has 2 amide bonds. The van der Waals surface area contributed by atoms with Crippen LogP contribution in [0.3, 0.4) is 0 Å². The van der Waals surface area contributed by atoms with Gasteiger partial charge < -0.3 is 10.6 Å². The van der Waals surface area contributed by atoms with Gasteiger partial charge in [0.2, 0.25) is 5.91 Å². The Kier molecular flexibility index (Phi) is 6.24. The second-order valence-corrected chi connectivity index (χ2v) is 6.65. The largest absolute Gasteiger partial charge is 0.416 e. The molecule has 0 unspecified atom stereocenters. The van der Waals surface area contributed by atoms with Gasteiger partial charge in [-0.1, -0.05) is 18.2 Å². The Morgan fingerprint density at radius 2 is 1.77 bits per heavy atom. The molecule has 3 aromatic rings. The number of hydrogen-bond donors (Lipinski definition) is 2. The summed E-state index contributed by atoms with van der Waals surface area (Å²) in [6.07, 6.45) is -1.65. The van der Waals surface area contributed by atoms with E-state index >= 15 is 0 Å². The van der Waals surface area contributed by atoms with Gasteiger partial charge in [-0.2, -0.15) is 18.3 Å². The predicted octanol–water partition coefficient (Wildman–Crippen LogP) is 4.21. The highest BCUT2D eigenvalue weighted by atomic mass is 19.4. The van der Waals surface area contributed by atoms with Crippen molar-refractivity contribution in [2.75, 3.05) is 12.4 Å². The smallest absolute Gasteiger partial charge is 0.355 e. The topological polar surface area (TPSA) is 76.0 Å². The quantitative estimate of drug-likeness (QED) is 0.598. The minimum Gasteiger partial charge on any atom is -0.355 e. The molecule has 1 heterocycles. The van der Waals surface area contributed by atoms with E-state index in [4.69, 9.17) is 0 Å². The number of carbonyl (C=O) groups excluding carboxylic acids is 2. The van der Waals surface area contributed by atoms with Gasteiger partial charge in [0.1, 0.15) is 5.82 Å². The van der Waals surface area contributed by atoms with E-state index in [1.807, 2.05) is 0 Å². The Balaban J connectivity index is 1.77. The van der Waals surface area contributed by atoms with E-state index in [2.05, 4.69) is 15.7 Å². The molecule has 0 saturated heterocycles. The maximum Gasteiger partial charge on any atom is 0.416 e. The monoisotopic (exact) mass is 428 g/mol. The average Bonchev–Trinajstić information content (AvgIpc) is 3.11. The summed E-state index contributed by atoms with van der Waals surface area (Å²) >= 11 is 0. The molecule has 0 aliphatic rings. The Hall–Kier alpha value is -3.88. The summed E-state index contributed by atoms with van der Waals surface area (Å²) in [4.78, 5) is 23.9. The van der Waals surface area contributed by atoms with Crippen LogP contribution in [0.2, 0.25) is 0 Å². The number of nitrogens with one attached hydrogen (secondary N) is 2. The van der Waals surface area contributed by atoms with Crippen LogP contribution in [-0.2, 0) is 11.0 Å². The molecule has 2 N–H and O–H groups in total. The van der Waals surface area contributed by atoms with E-state index in [-0.39, 0.29) is 17.4 Å². The fourth-order valence-electron chi connectivity index (χ4n) is 2.83.